The van der Waals surface area contributed by atoms with E-state index in [1.165, 1.54) is 0 Å². The van der Waals surface area contributed by atoms with Gasteiger partial charge < -0.3 is 8.83 Å². The molecule has 2 aromatic heterocycles. The van der Waals surface area contributed by atoms with Crippen molar-refractivity contribution in [1.29, 1.82) is 0 Å². The van der Waals surface area contributed by atoms with Crippen LogP contribution in [0, 0.1) is 6.92 Å². The lowest BCUT2D eigenvalue weighted by Crippen LogP contribution is -2.05. The first-order chi connectivity index (χ1) is 15.0. The molecule has 0 N–H and O–H groups in total. The van der Waals surface area contributed by atoms with Crippen molar-refractivity contribution in [3.63, 3.8) is 0 Å². The first kappa shape index (κ1) is 21.9. The molecule has 0 radical (unpaired) electrons. The highest BCUT2D eigenvalue weighted by molar-refractivity contribution is 6.20. The molecule has 31 heavy (non-hydrogen) atoms. The second kappa shape index (κ2) is 8.93. The quantitative estimate of drug-likeness (QED) is 0.494. The predicted molar refractivity (Wildman–Crippen MR) is 136 cm³/mol. The zero-order chi connectivity index (χ0) is 22.7. The third-order valence-electron chi connectivity index (χ3n) is 5.43. The van der Waals surface area contributed by atoms with Crippen LogP contribution in [0.15, 0.2) is 78.2 Å². The molecule has 0 aromatic carbocycles. The van der Waals surface area contributed by atoms with Gasteiger partial charge in [0.2, 0.25) is 0 Å². The first-order valence-corrected chi connectivity index (χ1v) is 10.2. The van der Waals surface area contributed by atoms with Gasteiger partial charge in [0.1, 0.15) is 23.0 Å². The molecular weight excluding hydrogens is 380 g/mol. The summed E-state index contributed by atoms with van der Waals surface area (Å²) in [5.74, 6) is 2.90. The Kier molecular flexibility index (Phi) is 6.31. The summed E-state index contributed by atoms with van der Waals surface area (Å²) in [4.78, 5) is 0. The summed E-state index contributed by atoms with van der Waals surface area (Å²) >= 11 is 0. The van der Waals surface area contributed by atoms with Gasteiger partial charge in [-0.1, -0.05) is 69.4 Å². The molecule has 0 saturated carbocycles. The number of rotatable bonds is 5. The van der Waals surface area contributed by atoms with Crippen molar-refractivity contribution in [3.05, 3.63) is 115 Å². The average molecular weight is 409 g/mol. The monoisotopic (exact) mass is 408 g/mol. The van der Waals surface area contributed by atoms with E-state index in [0.717, 1.165) is 56.1 Å². The van der Waals surface area contributed by atoms with Gasteiger partial charge in [-0.25, -0.2) is 0 Å². The van der Waals surface area contributed by atoms with Crippen LogP contribution >= 0.6 is 0 Å². The fourth-order valence-corrected chi connectivity index (χ4v) is 4.31. The summed E-state index contributed by atoms with van der Waals surface area (Å²) in [7, 11) is 0. The number of hydrogen-bond acceptors (Lipinski definition) is 2. The summed E-state index contributed by atoms with van der Waals surface area (Å²) in [5.41, 5.74) is 7.88. The SMILES string of the molecule is C=CC=C1/C(=C/C)c2c(C=C)oc(C=C)c2C(=C\C=C)/C(=C/C)c2c(C=C)oc(C)c21. The molecule has 2 nitrogen and oxygen atoms in total. The molecule has 0 aliphatic heterocycles. The van der Waals surface area contributed by atoms with Crippen molar-refractivity contribution >= 4 is 40.5 Å². The predicted octanol–water partition coefficient (Wildman–Crippen LogP) is 8.77. The summed E-state index contributed by atoms with van der Waals surface area (Å²) in [5, 5.41) is 0. The van der Waals surface area contributed by atoms with E-state index in [4.69, 9.17) is 8.83 Å². The topological polar surface area (TPSA) is 26.3 Å². The fraction of sp³-hybridized carbons (Fsp3) is 0.103. The molecule has 0 unspecified atom stereocenters. The normalized spacial score (nSPS) is 18.4. The zero-order valence-corrected chi connectivity index (χ0v) is 18.5. The Morgan fingerprint density at radius 1 is 0.548 bits per heavy atom. The number of furan rings is 2. The zero-order valence-electron chi connectivity index (χ0n) is 18.5. The Labute approximate surface area is 185 Å². The van der Waals surface area contributed by atoms with Crippen LogP contribution in [0.3, 0.4) is 0 Å². The van der Waals surface area contributed by atoms with Gasteiger partial charge >= 0.3 is 0 Å². The van der Waals surface area contributed by atoms with Gasteiger partial charge in [-0.2, -0.15) is 0 Å². The average Bonchev–Trinajstić information content (AvgIpc) is 3.29. The van der Waals surface area contributed by atoms with Crippen molar-refractivity contribution in [2.24, 2.45) is 0 Å². The van der Waals surface area contributed by atoms with E-state index < -0.39 is 0 Å². The van der Waals surface area contributed by atoms with E-state index in [1.807, 2.05) is 32.9 Å². The Hall–Kier alpha value is -3.78. The van der Waals surface area contributed by atoms with E-state index in [1.54, 1.807) is 30.4 Å². The van der Waals surface area contributed by atoms with Crippen LogP contribution in [-0.4, -0.2) is 0 Å². The lowest BCUT2D eigenvalue weighted by atomic mass is 9.77. The third-order valence-corrected chi connectivity index (χ3v) is 5.43. The Balaban J connectivity index is 2.68. The number of fused-ring (bicyclic) bond motifs is 2. The minimum absolute atomic E-state index is 0.679. The van der Waals surface area contributed by atoms with E-state index in [-0.39, 0.29) is 0 Å². The standard InChI is InChI=1S/C29H28O2/c1-9-16-21-19(11-3)28-24(14-6)31-25(15-7)29(28)22(17-10-2)20(12-4)27-23(13-5)30-18(8)26(21)27/h9-17H,1-2,5-7H2,3-4,8H3/b19-11-,20-12-,21-16?,22-17-. The first-order valence-electron chi connectivity index (χ1n) is 10.2. The molecular formula is C29H28O2. The molecule has 0 amide bonds. The molecule has 0 atom stereocenters. The van der Waals surface area contributed by atoms with Crippen molar-refractivity contribution < 1.29 is 8.83 Å². The summed E-state index contributed by atoms with van der Waals surface area (Å²) < 4.78 is 12.4. The molecule has 0 saturated heterocycles. The van der Waals surface area contributed by atoms with Gasteiger partial charge in [-0.3, -0.25) is 0 Å². The Bertz CT molecular complexity index is 1230. The van der Waals surface area contributed by atoms with Crippen molar-refractivity contribution in [2.75, 3.05) is 0 Å². The van der Waals surface area contributed by atoms with E-state index in [9.17, 15) is 0 Å². The molecule has 0 fully saturated rings. The second-order valence-corrected chi connectivity index (χ2v) is 7.00. The highest BCUT2D eigenvalue weighted by atomic mass is 16.3. The van der Waals surface area contributed by atoms with E-state index in [0.29, 0.717) is 11.5 Å². The van der Waals surface area contributed by atoms with Gasteiger partial charge in [-0.05, 0) is 61.3 Å². The smallest absolute Gasteiger partial charge is 0.135 e. The molecule has 2 heteroatoms. The van der Waals surface area contributed by atoms with Crippen LogP contribution in [0.5, 0.6) is 0 Å². The number of hydrogen-bond donors (Lipinski definition) is 0. The Morgan fingerprint density at radius 3 is 1.35 bits per heavy atom. The lowest BCUT2D eigenvalue weighted by Gasteiger charge is -2.23. The van der Waals surface area contributed by atoms with Gasteiger partial charge in [0, 0.05) is 22.3 Å². The minimum atomic E-state index is 0.679. The molecule has 2 heterocycles. The van der Waals surface area contributed by atoms with Crippen molar-refractivity contribution in [1.82, 2.24) is 0 Å². The molecule has 156 valence electrons. The van der Waals surface area contributed by atoms with Gasteiger partial charge in [0.25, 0.3) is 0 Å². The Morgan fingerprint density at radius 2 is 0.935 bits per heavy atom. The highest BCUT2D eigenvalue weighted by Crippen LogP contribution is 2.51. The van der Waals surface area contributed by atoms with Crippen LogP contribution < -0.4 is 0 Å². The molecule has 1 aliphatic rings. The van der Waals surface area contributed by atoms with Gasteiger partial charge in [0.05, 0.1) is 0 Å². The van der Waals surface area contributed by atoms with Crippen molar-refractivity contribution in [2.45, 2.75) is 20.8 Å². The largest absolute Gasteiger partial charge is 0.461 e. The highest BCUT2D eigenvalue weighted by Gasteiger charge is 2.34. The summed E-state index contributed by atoms with van der Waals surface area (Å²) in [6.07, 6.45) is 17.0. The van der Waals surface area contributed by atoms with Gasteiger partial charge in [0.15, 0.2) is 0 Å². The maximum absolute atomic E-state index is 6.19. The number of aryl methyl sites for hydroxylation is 1. The molecule has 0 bridgehead atoms. The number of allylic oxidation sites excluding steroid dienone is 10. The van der Waals surface area contributed by atoms with Crippen LogP contribution in [0.2, 0.25) is 0 Å². The second-order valence-electron chi connectivity index (χ2n) is 7.00. The van der Waals surface area contributed by atoms with Gasteiger partial charge in [-0.15, -0.1) is 0 Å². The van der Waals surface area contributed by atoms with Crippen LogP contribution in [-0.2, 0) is 0 Å². The van der Waals surface area contributed by atoms with Crippen LogP contribution in [0.25, 0.3) is 40.5 Å². The van der Waals surface area contributed by atoms with Crippen molar-refractivity contribution in [3.8, 4) is 0 Å². The van der Waals surface area contributed by atoms with Crippen LogP contribution in [0.4, 0.5) is 0 Å². The molecule has 3 rings (SSSR count). The lowest BCUT2D eigenvalue weighted by molar-refractivity contribution is 0.523. The summed E-state index contributed by atoms with van der Waals surface area (Å²) in [6.45, 7) is 25.9. The third kappa shape index (κ3) is 3.30. The minimum Gasteiger partial charge on any atom is -0.461 e. The van der Waals surface area contributed by atoms with E-state index >= 15 is 0 Å². The molecule has 0 spiro atoms. The molecule has 1 aliphatic carbocycles. The summed E-state index contributed by atoms with van der Waals surface area (Å²) in [6, 6.07) is 0. The van der Waals surface area contributed by atoms with E-state index in [2.05, 4.69) is 45.0 Å². The van der Waals surface area contributed by atoms with Crippen LogP contribution in [0.1, 0.15) is 59.1 Å². The molecule has 2 aromatic rings. The maximum Gasteiger partial charge on any atom is 0.135 e. The fourth-order valence-electron chi connectivity index (χ4n) is 4.31. The maximum atomic E-state index is 6.19.